The van der Waals surface area contributed by atoms with E-state index in [9.17, 15) is 10.2 Å². The van der Waals surface area contributed by atoms with E-state index in [0.717, 1.165) is 29.7 Å². The summed E-state index contributed by atoms with van der Waals surface area (Å²) < 4.78 is 0. The van der Waals surface area contributed by atoms with Crippen molar-refractivity contribution in [2.75, 3.05) is 0 Å². The van der Waals surface area contributed by atoms with Gasteiger partial charge in [0.15, 0.2) is 0 Å². The summed E-state index contributed by atoms with van der Waals surface area (Å²) in [6, 6.07) is 8.02. The lowest BCUT2D eigenvalue weighted by Crippen LogP contribution is -2.21. The molecule has 1 aromatic rings. The van der Waals surface area contributed by atoms with Crippen LogP contribution in [0.5, 0.6) is 0 Å². The zero-order valence-corrected chi connectivity index (χ0v) is 11.7. The van der Waals surface area contributed by atoms with Crippen molar-refractivity contribution in [3.05, 3.63) is 29.8 Å². The molecule has 3 unspecified atom stereocenters. The van der Waals surface area contributed by atoms with Crippen molar-refractivity contribution in [1.29, 1.82) is 0 Å². The Morgan fingerprint density at radius 3 is 2.78 bits per heavy atom. The van der Waals surface area contributed by atoms with E-state index >= 15 is 0 Å². The molecule has 1 aliphatic carbocycles. The van der Waals surface area contributed by atoms with Crippen LogP contribution in [0.1, 0.15) is 50.7 Å². The van der Waals surface area contributed by atoms with E-state index < -0.39 is 6.10 Å². The van der Waals surface area contributed by atoms with Gasteiger partial charge in [0.2, 0.25) is 0 Å². The van der Waals surface area contributed by atoms with Gasteiger partial charge in [0.1, 0.15) is 0 Å². The highest BCUT2D eigenvalue weighted by molar-refractivity contribution is 8.00. The Labute approximate surface area is 113 Å². The summed E-state index contributed by atoms with van der Waals surface area (Å²) in [7, 11) is 0. The molecule has 1 aliphatic rings. The summed E-state index contributed by atoms with van der Waals surface area (Å²) in [6.45, 7) is 1.78. The van der Waals surface area contributed by atoms with Crippen LogP contribution in [0.2, 0.25) is 0 Å². The maximum Gasteiger partial charge on any atom is 0.0762 e. The summed E-state index contributed by atoms with van der Waals surface area (Å²) in [5, 5.41) is 20.0. The van der Waals surface area contributed by atoms with Crippen LogP contribution in [-0.4, -0.2) is 21.6 Å². The van der Waals surface area contributed by atoms with Crippen LogP contribution in [0.3, 0.4) is 0 Å². The zero-order chi connectivity index (χ0) is 13.0. The second kappa shape index (κ2) is 6.60. The molecule has 0 amide bonds. The number of thioether (sulfide) groups is 1. The van der Waals surface area contributed by atoms with Gasteiger partial charge in [0.25, 0.3) is 0 Å². The minimum absolute atomic E-state index is 0.187. The molecule has 0 radical (unpaired) electrons. The monoisotopic (exact) mass is 266 g/mol. The molecule has 3 atom stereocenters. The normalized spacial score (nSPS) is 26.6. The van der Waals surface area contributed by atoms with Crippen LogP contribution in [0.25, 0.3) is 0 Å². The standard InChI is InChI=1S/C15H22O2S/c1-11(16)12-6-5-7-13(10-12)18-15-9-4-2-3-8-14(15)17/h5-7,10-11,14-17H,2-4,8-9H2,1H3. The van der Waals surface area contributed by atoms with E-state index in [4.69, 9.17) is 0 Å². The van der Waals surface area contributed by atoms with Crippen molar-refractivity contribution in [1.82, 2.24) is 0 Å². The molecule has 0 aromatic heterocycles. The van der Waals surface area contributed by atoms with Gasteiger partial charge in [-0.1, -0.05) is 31.4 Å². The molecule has 100 valence electrons. The smallest absolute Gasteiger partial charge is 0.0762 e. The van der Waals surface area contributed by atoms with Crippen LogP contribution in [0.15, 0.2) is 29.2 Å². The number of hydrogen-bond acceptors (Lipinski definition) is 3. The van der Waals surface area contributed by atoms with Gasteiger partial charge < -0.3 is 10.2 Å². The van der Waals surface area contributed by atoms with Crippen LogP contribution < -0.4 is 0 Å². The Morgan fingerprint density at radius 1 is 1.22 bits per heavy atom. The minimum Gasteiger partial charge on any atom is -0.392 e. The van der Waals surface area contributed by atoms with Crippen molar-refractivity contribution in [2.45, 2.75) is 61.4 Å². The SMILES string of the molecule is CC(O)c1cccc(SC2CCCCCC2O)c1. The van der Waals surface area contributed by atoms with E-state index in [1.165, 1.54) is 12.8 Å². The molecule has 18 heavy (non-hydrogen) atoms. The first-order valence-electron chi connectivity index (χ1n) is 6.79. The molecule has 0 aliphatic heterocycles. The number of aliphatic hydroxyl groups is 2. The highest BCUT2D eigenvalue weighted by Gasteiger charge is 2.22. The van der Waals surface area contributed by atoms with E-state index in [1.54, 1.807) is 18.7 Å². The third-order valence-corrected chi connectivity index (χ3v) is 4.92. The van der Waals surface area contributed by atoms with E-state index in [-0.39, 0.29) is 6.10 Å². The molecule has 0 heterocycles. The fourth-order valence-corrected chi connectivity index (χ4v) is 3.70. The molecule has 0 bridgehead atoms. The van der Waals surface area contributed by atoms with Gasteiger partial charge in [0.05, 0.1) is 12.2 Å². The third kappa shape index (κ3) is 3.74. The van der Waals surface area contributed by atoms with Crippen molar-refractivity contribution >= 4 is 11.8 Å². The molecule has 1 saturated carbocycles. The predicted octanol–water partition coefficient (Wildman–Crippen LogP) is 3.53. The minimum atomic E-state index is -0.426. The lowest BCUT2D eigenvalue weighted by molar-refractivity contribution is 0.163. The largest absolute Gasteiger partial charge is 0.392 e. The van der Waals surface area contributed by atoms with Gasteiger partial charge in [-0.3, -0.25) is 0 Å². The first-order valence-corrected chi connectivity index (χ1v) is 7.67. The number of benzene rings is 1. The van der Waals surface area contributed by atoms with Crippen LogP contribution in [-0.2, 0) is 0 Å². The molecular weight excluding hydrogens is 244 g/mol. The fourth-order valence-electron chi connectivity index (χ4n) is 2.41. The summed E-state index contributed by atoms with van der Waals surface area (Å²) in [5.41, 5.74) is 0.947. The molecule has 1 aromatic carbocycles. The second-order valence-corrected chi connectivity index (χ2v) is 6.42. The first kappa shape index (κ1) is 13.9. The Balaban J connectivity index is 2.05. The van der Waals surface area contributed by atoms with Gasteiger partial charge >= 0.3 is 0 Å². The van der Waals surface area contributed by atoms with Crippen molar-refractivity contribution in [3.63, 3.8) is 0 Å². The molecule has 3 heteroatoms. The molecule has 2 rings (SSSR count). The summed E-state index contributed by atoms with van der Waals surface area (Å²) in [4.78, 5) is 1.15. The quantitative estimate of drug-likeness (QED) is 0.822. The van der Waals surface area contributed by atoms with Gasteiger partial charge in [-0.25, -0.2) is 0 Å². The van der Waals surface area contributed by atoms with E-state index in [1.807, 2.05) is 18.2 Å². The molecule has 0 spiro atoms. The van der Waals surface area contributed by atoms with Crippen LogP contribution >= 0.6 is 11.8 Å². The van der Waals surface area contributed by atoms with Crippen molar-refractivity contribution < 1.29 is 10.2 Å². The van der Waals surface area contributed by atoms with Gasteiger partial charge in [-0.15, -0.1) is 11.8 Å². The van der Waals surface area contributed by atoms with Crippen LogP contribution in [0, 0.1) is 0 Å². The maximum atomic E-state index is 10.1. The molecular formula is C15H22O2S. The lowest BCUT2D eigenvalue weighted by atomic mass is 10.1. The van der Waals surface area contributed by atoms with Gasteiger partial charge in [0, 0.05) is 10.1 Å². The highest BCUT2D eigenvalue weighted by atomic mass is 32.2. The number of aliphatic hydroxyl groups excluding tert-OH is 2. The molecule has 2 N–H and O–H groups in total. The number of rotatable bonds is 3. The first-order chi connectivity index (χ1) is 8.66. The topological polar surface area (TPSA) is 40.5 Å². The summed E-state index contributed by atoms with van der Waals surface area (Å²) >= 11 is 1.76. The third-order valence-electron chi connectivity index (χ3n) is 3.55. The average molecular weight is 266 g/mol. The Kier molecular flexibility index (Phi) is 5.10. The summed E-state index contributed by atoms with van der Waals surface area (Å²) in [5.74, 6) is 0. The van der Waals surface area contributed by atoms with Crippen LogP contribution in [0.4, 0.5) is 0 Å². The van der Waals surface area contributed by atoms with E-state index in [0.29, 0.717) is 5.25 Å². The Hall–Kier alpha value is -0.510. The van der Waals surface area contributed by atoms with Crippen molar-refractivity contribution in [2.24, 2.45) is 0 Å². The van der Waals surface area contributed by atoms with E-state index in [2.05, 4.69) is 6.07 Å². The second-order valence-electron chi connectivity index (χ2n) is 5.11. The molecule has 0 saturated heterocycles. The summed E-state index contributed by atoms with van der Waals surface area (Å²) in [6.07, 6.45) is 4.99. The average Bonchev–Trinajstić information content (AvgIpc) is 2.55. The Morgan fingerprint density at radius 2 is 2.00 bits per heavy atom. The predicted molar refractivity (Wildman–Crippen MR) is 75.8 cm³/mol. The lowest BCUT2D eigenvalue weighted by Gasteiger charge is -2.20. The highest BCUT2D eigenvalue weighted by Crippen LogP contribution is 2.34. The van der Waals surface area contributed by atoms with Gasteiger partial charge in [-0.05, 0) is 37.5 Å². The maximum absolute atomic E-state index is 10.1. The number of hydrogen-bond donors (Lipinski definition) is 2. The Bertz CT molecular complexity index is 379. The molecule has 1 fully saturated rings. The fraction of sp³-hybridized carbons (Fsp3) is 0.600. The van der Waals surface area contributed by atoms with Crippen molar-refractivity contribution in [3.8, 4) is 0 Å². The zero-order valence-electron chi connectivity index (χ0n) is 10.9. The van der Waals surface area contributed by atoms with Gasteiger partial charge in [-0.2, -0.15) is 0 Å². The molecule has 2 nitrogen and oxygen atoms in total.